The van der Waals surface area contributed by atoms with Crippen LogP contribution in [0.3, 0.4) is 0 Å². The molecular weight excluding hydrogens is 412 g/mol. The van der Waals surface area contributed by atoms with Crippen LogP contribution < -0.4 is 5.56 Å². The number of hydrogen-bond acceptors (Lipinski definition) is 4. The van der Waals surface area contributed by atoms with E-state index in [0.29, 0.717) is 30.2 Å². The second-order valence-electron chi connectivity index (χ2n) is 7.58. The Bertz CT molecular complexity index is 1000. The summed E-state index contributed by atoms with van der Waals surface area (Å²) in [4.78, 5) is 38.1. The number of aliphatic carboxylic acids is 1. The summed E-state index contributed by atoms with van der Waals surface area (Å²) in [5.41, 5.74) is 2.47. The molecule has 1 N–H and O–H groups in total. The van der Waals surface area contributed by atoms with Crippen LogP contribution in [0.4, 0.5) is 0 Å². The predicted octanol–water partition coefficient (Wildman–Crippen LogP) is 2.93. The van der Waals surface area contributed by atoms with Gasteiger partial charge in [-0.25, -0.2) is 0 Å². The van der Waals surface area contributed by atoms with E-state index in [0.717, 1.165) is 29.4 Å². The van der Waals surface area contributed by atoms with Gasteiger partial charge >= 0.3 is 5.97 Å². The van der Waals surface area contributed by atoms with Gasteiger partial charge < -0.3 is 14.6 Å². The topological polar surface area (TPSA) is 79.6 Å². The average Bonchev–Trinajstić information content (AvgIpc) is 2.69. The van der Waals surface area contributed by atoms with Crippen molar-refractivity contribution in [2.24, 2.45) is 5.92 Å². The summed E-state index contributed by atoms with van der Waals surface area (Å²) >= 11 is 7.08. The van der Waals surface area contributed by atoms with Gasteiger partial charge in [-0.3, -0.25) is 14.4 Å². The molecule has 2 atom stereocenters. The van der Waals surface area contributed by atoms with Crippen molar-refractivity contribution in [1.82, 2.24) is 9.47 Å². The van der Waals surface area contributed by atoms with Gasteiger partial charge in [0.2, 0.25) is 5.91 Å². The monoisotopic (exact) mass is 432 g/mol. The van der Waals surface area contributed by atoms with E-state index < -0.39 is 5.97 Å². The van der Waals surface area contributed by atoms with Gasteiger partial charge in [0, 0.05) is 41.8 Å². The van der Waals surface area contributed by atoms with Crippen molar-refractivity contribution in [2.45, 2.75) is 18.9 Å². The van der Waals surface area contributed by atoms with Crippen LogP contribution in [0.1, 0.15) is 18.0 Å². The number of hydrogen-bond donors (Lipinski definition) is 1. The molecule has 1 fully saturated rings. The molecule has 8 heteroatoms. The minimum absolute atomic E-state index is 0.00341. The van der Waals surface area contributed by atoms with Crippen LogP contribution in [0.5, 0.6) is 0 Å². The Kier molecular flexibility index (Phi) is 5.69. The molecule has 29 heavy (non-hydrogen) atoms. The number of carbonyl (C=O) groups is 2. The number of pyridine rings is 1. The van der Waals surface area contributed by atoms with Crippen molar-refractivity contribution in [2.75, 3.05) is 24.6 Å². The van der Waals surface area contributed by atoms with Gasteiger partial charge in [-0.05, 0) is 42.2 Å². The Labute approximate surface area is 177 Å². The molecule has 2 bridgehead atoms. The first-order chi connectivity index (χ1) is 13.9. The predicted molar refractivity (Wildman–Crippen MR) is 114 cm³/mol. The number of likely N-dealkylation sites (tertiary alicyclic amines) is 1. The molecule has 0 aliphatic carbocycles. The lowest BCUT2D eigenvalue weighted by Gasteiger charge is -2.43. The number of nitrogens with zero attached hydrogens (tertiary/aromatic N) is 2. The number of piperidine rings is 1. The fraction of sp³-hybridized carbons (Fsp3) is 0.381. The molecule has 1 aromatic heterocycles. The molecule has 0 radical (unpaired) electrons. The lowest BCUT2D eigenvalue weighted by molar-refractivity contribution is -0.133. The molecule has 1 saturated heterocycles. The number of halogens is 1. The van der Waals surface area contributed by atoms with Gasteiger partial charge in [0.1, 0.15) is 0 Å². The summed E-state index contributed by atoms with van der Waals surface area (Å²) in [7, 11) is 0. The molecule has 1 aromatic carbocycles. The lowest BCUT2D eigenvalue weighted by atomic mass is 9.82. The lowest BCUT2D eigenvalue weighted by Crippen LogP contribution is -2.49. The summed E-state index contributed by atoms with van der Waals surface area (Å²) < 4.78 is 1.86. The van der Waals surface area contributed by atoms with Gasteiger partial charge in [-0.1, -0.05) is 23.7 Å². The highest BCUT2D eigenvalue weighted by Crippen LogP contribution is 2.36. The number of amides is 1. The highest BCUT2D eigenvalue weighted by molar-refractivity contribution is 8.00. The molecule has 2 aliphatic heterocycles. The van der Waals surface area contributed by atoms with Crippen LogP contribution in [0, 0.1) is 5.92 Å². The molecule has 0 saturated carbocycles. The van der Waals surface area contributed by atoms with Crippen molar-refractivity contribution >= 4 is 35.2 Å². The van der Waals surface area contributed by atoms with E-state index in [-0.39, 0.29) is 34.8 Å². The van der Waals surface area contributed by atoms with Crippen LogP contribution >= 0.6 is 23.4 Å². The Balaban J connectivity index is 1.55. The van der Waals surface area contributed by atoms with E-state index in [1.165, 1.54) is 0 Å². The molecule has 2 aromatic rings. The van der Waals surface area contributed by atoms with Crippen LogP contribution in [0.25, 0.3) is 11.1 Å². The number of aromatic nitrogens is 1. The normalized spacial score (nSPS) is 20.2. The summed E-state index contributed by atoms with van der Waals surface area (Å²) in [5.74, 6) is -0.481. The van der Waals surface area contributed by atoms with Crippen molar-refractivity contribution in [3.8, 4) is 11.1 Å². The number of rotatable bonds is 5. The minimum Gasteiger partial charge on any atom is -0.481 e. The van der Waals surface area contributed by atoms with Crippen LogP contribution in [0.15, 0.2) is 41.2 Å². The minimum atomic E-state index is -0.914. The van der Waals surface area contributed by atoms with Crippen molar-refractivity contribution < 1.29 is 14.7 Å². The maximum Gasteiger partial charge on any atom is 0.313 e. The second kappa shape index (κ2) is 8.24. The van der Waals surface area contributed by atoms with E-state index >= 15 is 0 Å². The SMILES string of the molecule is O=C(O)CSCC(=O)N1CC2CC(C1)c1ccc(-c3ccc(Cl)cc3)c(=O)n1C2. The zero-order valence-electron chi connectivity index (χ0n) is 15.7. The molecule has 6 nitrogen and oxygen atoms in total. The smallest absolute Gasteiger partial charge is 0.313 e. The molecule has 4 rings (SSSR count). The van der Waals surface area contributed by atoms with Crippen LogP contribution in [-0.4, -0.2) is 51.0 Å². The Morgan fingerprint density at radius 2 is 1.83 bits per heavy atom. The number of carboxylic acids is 1. The number of carboxylic acid groups (broad SMARTS) is 1. The molecule has 2 aliphatic rings. The van der Waals surface area contributed by atoms with Gasteiger partial charge in [-0.2, -0.15) is 0 Å². The van der Waals surface area contributed by atoms with Crippen molar-refractivity contribution in [3.63, 3.8) is 0 Å². The molecular formula is C21H21ClN2O4S. The zero-order chi connectivity index (χ0) is 20.5. The standard InChI is InChI=1S/C21H21ClN2O4S/c22-16-3-1-14(2-4-16)17-5-6-18-15-7-13(9-24(18)21(17)28)8-23(10-15)19(25)11-29-12-20(26)27/h1-6,13,15H,7-12H2,(H,26,27). The fourth-order valence-electron chi connectivity index (χ4n) is 4.32. The number of carbonyl (C=O) groups excluding carboxylic acids is 1. The van der Waals surface area contributed by atoms with Crippen LogP contribution in [-0.2, 0) is 16.1 Å². The number of benzene rings is 1. The van der Waals surface area contributed by atoms with E-state index in [2.05, 4.69) is 0 Å². The van der Waals surface area contributed by atoms with E-state index in [4.69, 9.17) is 16.7 Å². The van der Waals surface area contributed by atoms with E-state index in [1.54, 1.807) is 12.1 Å². The van der Waals surface area contributed by atoms with Crippen LogP contribution in [0.2, 0.25) is 5.02 Å². The third kappa shape index (κ3) is 4.21. The number of thioether (sulfide) groups is 1. The highest BCUT2D eigenvalue weighted by atomic mass is 35.5. The molecule has 152 valence electrons. The Hall–Kier alpha value is -2.25. The molecule has 3 heterocycles. The maximum absolute atomic E-state index is 13.1. The Morgan fingerprint density at radius 1 is 1.07 bits per heavy atom. The number of fused-ring (bicyclic) bond motifs is 4. The molecule has 0 spiro atoms. The Morgan fingerprint density at radius 3 is 2.55 bits per heavy atom. The first kappa shape index (κ1) is 20.0. The third-order valence-corrected chi connectivity index (χ3v) is 6.72. The van der Waals surface area contributed by atoms with Gasteiger partial charge in [0.25, 0.3) is 5.56 Å². The van der Waals surface area contributed by atoms with Gasteiger partial charge in [0.15, 0.2) is 0 Å². The van der Waals surface area contributed by atoms with Gasteiger partial charge in [0.05, 0.1) is 11.5 Å². The first-order valence-electron chi connectivity index (χ1n) is 9.49. The summed E-state index contributed by atoms with van der Waals surface area (Å²) in [5, 5.41) is 9.37. The third-order valence-electron chi connectivity index (χ3n) is 5.56. The quantitative estimate of drug-likeness (QED) is 0.785. The highest BCUT2D eigenvalue weighted by Gasteiger charge is 2.36. The zero-order valence-corrected chi connectivity index (χ0v) is 17.3. The second-order valence-corrected chi connectivity index (χ2v) is 9.00. The maximum atomic E-state index is 13.1. The average molecular weight is 433 g/mol. The largest absolute Gasteiger partial charge is 0.481 e. The molecule has 1 amide bonds. The fourth-order valence-corrected chi connectivity index (χ4v) is 5.08. The summed E-state index contributed by atoms with van der Waals surface area (Å²) in [6.45, 7) is 1.78. The molecule has 2 unspecified atom stereocenters. The van der Waals surface area contributed by atoms with Gasteiger partial charge in [-0.15, -0.1) is 11.8 Å². The summed E-state index contributed by atoms with van der Waals surface area (Å²) in [6.07, 6.45) is 0.964. The summed E-state index contributed by atoms with van der Waals surface area (Å²) in [6, 6.07) is 11.1. The van der Waals surface area contributed by atoms with Crippen molar-refractivity contribution in [1.29, 1.82) is 0 Å². The van der Waals surface area contributed by atoms with E-state index in [1.807, 2.05) is 33.7 Å². The van der Waals surface area contributed by atoms with Crippen molar-refractivity contribution in [3.05, 3.63) is 57.5 Å². The van der Waals surface area contributed by atoms with E-state index in [9.17, 15) is 14.4 Å². The first-order valence-corrected chi connectivity index (χ1v) is 11.0.